The number of para-hydroxylation sites is 3. The SMILES string of the molecule is O=P(c1ccccc1)(c1ccccc1)c1cccc2c(-c3ccc(-c4ccc5c(c4)c4ccccc4n4c6ccccc6nc54)cc3)cccc12. The van der Waals surface area contributed by atoms with Crippen molar-refractivity contribution in [2.45, 2.75) is 0 Å². The summed E-state index contributed by atoms with van der Waals surface area (Å²) in [7, 11) is -3.15. The van der Waals surface area contributed by atoms with E-state index in [0.717, 1.165) is 76.5 Å². The van der Waals surface area contributed by atoms with Crippen LogP contribution in [0.25, 0.3) is 71.4 Å². The van der Waals surface area contributed by atoms with Crippen LogP contribution < -0.4 is 15.9 Å². The van der Waals surface area contributed by atoms with Gasteiger partial charge in [0.15, 0.2) is 7.14 Å². The lowest BCUT2D eigenvalue weighted by Crippen LogP contribution is -2.25. The molecule has 0 radical (unpaired) electrons. The highest BCUT2D eigenvalue weighted by Gasteiger charge is 2.31. The number of rotatable bonds is 5. The fourth-order valence-electron chi connectivity index (χ4n) is 7.85. The molecule has 0 aliphatic rings. The molecule has 8 aromatic carbocycles. The van der Waals surface area contributed by atoms with Gasteiger partial charge in [-0.3, -0.25) is 4.40 Å². The number of hydrogen-bond donors (Lipinski definition) is 0. The smallest absolute Gasteiger partial charge is 0.171 e. The number of benzene rings is 8. The van der Waals surface area contributed by atoms with E-state index in [9.17, 15) is 0 Å². The Labute approximate surface area is 295 Å². The molecule has 3 nitrogen and oxygen atoms in total. The number of nitrogens with zero attached hydrogens (tertiary/aromatic N) is 2. The van der Waals surface area contributed by atoms with Crippen LogP contribution in [0, 0.1) is 0 Å². The van der Waals surface area contributed by atoms with Crippen LogP contribution in [0.4, 0.5) is 0 Å². The summed E-state index contributed by atoms with van der Waals surface area (Å²) in [5.41, 5.74) is 8.79. The van der Waals surface area contributed by atoms with Crippen molar-refractivity contribution in [2.75, 3.05) is 0 Å². The fourth-order valence-corrected chi connectivity index (χ4v) is 10.7. The number of aromatic nitrogens is 2. The molecule has 0 saturated carbocycles. The zero-order valence-corrected chi connectivity index (χ0v) is 28.5. The van der Waals surface area contributed by atoms with Gasteiger partial charge in [0.05, 0.1) is 16.6 Å². The van der Waals surface area contributed by atoms with Gasteiger partial charge in [0.2, 0.25) is 0 Å². The number of hydrogen-bond acceptors (Lipinski definition) is 2. The Morgan fingerprint density at radius 2 is 1.00 bits per heavy atom. The first-order chi connectivity index (χ1) is 25.2. The van der Waals surface area contributed by atoms with Crippen LogP contribution in [-0.2, 0) is 4.57 Å². The molecule has 2 heterocycles. The van der Waals surface area contributed by atoms with Crippen LogP contribution >= 0.6 is 7.14 Å². The molecule has 0 atom stereocenters. The number of pyridine rings is 1. The molecule has 0 N–H and O–H groups in total. The van der Waals surface area contributed by atoms with Crippen LogP contribution in [0.5, 0.6) is 0 Å². The lowest BCUT2D eigenvalue weighted by atomic mass is 9.95. The molecule has 4 heteroatoms. The maximum Gasteiger partial charge on any atom is 0.171 e. The fraction of sp³-hybridized carbons (Fsp3) is 0. The molecule has 10 aromatic rings. The zero-order valence-electron chi connectivity index (χ0n) is 27.6. The summed E-state index contributed by atoms with van der Waals surface area (Å²) in [6, 6.07) is 64.9. The summed E-state index contributed by atoms with van der Waals surface area (Å²) in [5.74, 6) is 0. The van der Waals surface area contributed by atoms with E-state index >= 15 is 4.57 Å². The molecule has 0 fully saturated rings. The Morgan fingerprint density at radius 3 is 1.76 bits per heavy atom. The second-order valence-corrected chi connectivity index (χ2v) is 15.8. The average molecular weight is 671 g/mol. The van der Waals surface area contributed by atoms with Crippen molar-refractivity contribution in [3.63, 3.8) is 0 Å². The Hall–Kier alpha value is -6.28. The Balaban J connectivity index is 1.09. The van der Waals surface area contributed by atoms with Gasteiger partial charge in [-0.15, -0.1) is 0 Å². The quantitative estimate of drug-likeness (QED) is 0.135. The topological polar surface area (TPSA) is 34.4 Å². The van der Waals surface area contributed by atoms with Crippen molar-refractivity contribution in [1.82, 2.24) is 9.38 Å². The first-order valence-electron chi connectivity index (χ1n) is 17.2. The Bertz CT molecular complexity index is 2940. The van der Waals surface area contributed by atoms with Gasteiger partial charge in [-0.05, 0) is 68.7 Å². The molecule has 240 valence electrons. The molecular formula is C47H31N2OP. The lowest BCUT2D eigenvalue weighted by molar-refractivity contribution is 0.592. The summed E-state index contributed by atoms with van der Waals surface area (Å²) < 4.78 is 17.7. The minimum absolute atomic E-state index is 0.836. The van der Waals surface area contributed by atoms with Gasteiger partial charge in [-0.1, -0.05) is 158 Å². The predicted molar refractivity (Wildman–Crippen MR) is 215 cm³/mol. The highest BCUT2D eigenvalue weighted by Crippen LogP contribution is 2.45. The van der Waals surface area contributed by atoms with Crippen molar-refractivity contribution >= 4 is 72.2 Å². The third-order valence-electron chi connectivity index (χ3n) is 10.3. The van der Waals surface area contributed by atoms with Crippen LogP contribution in [0.3, 0.4) is 0 Å². The monoisotopic (exact) mass is 670 g/mol. The maximum atomic E-state index is 15.4. The van der Waals surface area contributed by atoms with Gasteiger partial charge in [-0.25, -0.2) is 4.98 Å². The maximum absolute atomic E-state index is 15.4. The van der Waals surface area contributed by atoms with E-state index < -0.39 is 7.14 Å². The molecule has 0 bridgehead atoms. The van der Waals surface area contributed by atoms with Gasteiger partial charge >= 0.3 is 0 Å². The standard InChI is InChI=1S/C47H31N2OP/c50-51(35-13-3-1-4-14-35,36-15-5-2-6-16-36)46-24-12-19-38-37(18-11-20-40(38)46)33-27-25-32(26-28-33)34-29-30-41-42(31-34)39-17-7-9-22-44(39)49-45-23-10-8-21-43(45)48-47(41)49/h1-31H. The summed E-state index contributed by atoms with van der Waals surface area (Å²) in [4.78, 5) is 5.07. The minimum atomic E-state index is -3.15. The van der Waals surface area contributed by atoms with E-state index in [2.05, 4.69) is 114 Å². The highest BCUT2D eigenvalue weighted by molar-refractivity contribution is 7.85. The molecule has 2 aromatic heterocycles. The van der Waals surface area contributed by atoms with E-state index in [1.54, 1.807) is 0 Å². The molecular weight excluding hydrogens is 640 g/mol. The van der Waals surface area contributed by atoms with Crippen molar-refractivity contribution in [1.29, 1.82) is 0 Å². The molecule has 0 saturated heterocycles. The number of fused-ring (bicyclic) bond motifs is 9. The molecule has 10 rings (SSSR count). The highest BCUT2D eigenvalue weighted by atomic mass is 31.2. The van der Waals surface area contributed by atoms with E-state index in [-0.39, 0.29) is 0 Å². The van der Waals surface area contributed by atoms with Gasteiger partial charge in [0, 0.05) is 26.7 Å². The third kappa shape index (κ3) is 4.59. The van der Waals surface area contributed by atoms with Gasteiger partial charge in [0.25, 0.3) is 0 Å². The average Bonchev–Trinajstić information content (AvgIpc) is 3.61. The first kappa shape index (κ1) is 29.6. The van der Waals surface area contributed by atoms with E-state index in [1.807, 2.05) is 78.9 Å². The van der Waals surface area contributed by atoms with Crippen molar-refractivity contribution in [2.24, 2.45) is 0 Å². The summed E-state index contributed by atoms with van der Waals surface area (Å²) in [6.07, 6.45) is 0. The van der Waals surface area contributed by atoms with Crippen LogP contribution in [-0.4, -0.2) is 9.38 Å². The molecule has 51 heavy (non-hydrogen) atoms. The third-order valence-corrected chi connectivity index (χ3v) is 13.4. The van der Waals surface area contributed by atoms with Gasteiger partial charge in [0.1, 0.15) is 5.65 Å². The van der Waals surface area contributed by atoms with Crippen LogP contribution in [0.2, 0.25) is 0 Å². The summed E-state index contributed by atoms with van der Waals surface area (Å²) >= 11 is 0. The van der Waals surface area contributed by atoms with Crippen molar-refractivity contribution in [3.8, 4) is 22.3 Å². The molecule has 0 amide bonds. The summed E-state index contributed by atoms with van der Waals surface area (Å²) in [6.45, 7) is 0. The van der Waals surface area contributed by atoms with E-state index in [1.165, 1.54) is 10.8 Å². The number of imidazole rings is 1. The second kappa shape index (κ2) is 11.7. The van der Waals surface area contributed by atoms with Crippen LogP contribution in [0.15, 0.2) is 188 Å². The second-order valence-electron chi connectivity index (χ2n) is 13.1. The molecule has 0 aliphatic heterocycles. The molecule has 0 spiro atoms. The van der Waals surface area contributed by atoms with E-state index in [4.69, 9.17) is 4.98 Å². The Kier molecular flexibility index (Phi) is 6.77. The Morgan fingerprint density at radius 1 is 0.412 bits per heavy atom. The van der Waals surface area contributed by atoms with Crippen LogP contribution in [0.1, 0.15) is 0 Å². The largest absolute Gasteiger partial charge is 0.309 e. The van der Waals surface area contributed by atoms with E-state index in [0.29, 0.717) is 0 Å². The zero-order chi connectivity index (χ0) is 33.9. The summed E-state index contributed by atoms with van der Waals surface area (Å²) in [5, 5.41) is 8.16. The minimum Gasteiger partial charge on any atom is -0.309 e. The van der Waals surface area contributed by atoms with Crippen molar-refractivity contribution in [3.05, 3.63) is 188 Å². The first-order valence-corrected chi connectivity index (χ1v) is 19.0. The van der Waals surface area contributed by atoms with Gasteiger partial charge in [-0.2, -0.15) is 0 Å². The molecule has 0 aliphatic carbocycles. The molecule has 0 unspecified atom stereocenters. The lowest BCUT2D eigenvalue weighted by Gasteiger charge is -2.22. The van der Waals surface area contributed by atoms with Crippen molar-refractivity contribution < 1.29 is 4.57 Å². The normalized spacial score (nSPS) is 12.0. The van der Waals surface area contributed by atoms with Gasteiger partial charge < -0.3 is 4.57 Å². The predicted octanol–water partition coefficient (Wildman–Crippen LogP) is 10.9.